The molecule has 0 saturated heterocycles. The van der Waals surface area contributed by atoms with Gasteiger partial charge in [0.1, 0.15) is 0 Å². The smallest absolute Gasteiger partial charge is 0.223 e. The normalized spacial score (nSPS) is 14.4. The van der Waals surface area contributed by atoms with E-state index in [1.807, 2.05) is 11.7 Å². The molecule has 0 aromatic carbocycles. The zero-order chi connectivity index (χ0) is 14.5. The van der Waals surface area contributed by atoms with Crippen molar-refractivity contribution >= 4 is 5.91 Å². The lowest BCUT2D eigenvalue weighted by Gasteiger charge is -2.14. The maximum absolute atomic E-state index is 11.9. The number of hydrogen-bond donors (Lipinski definition) is 1. The average molecular weight is 279 g/mol. The number of carbonyl (C=O) groups is 1. The molecule has 20 heavy (non-hydrogen) atoms. The first-order chi connectivity index (χ1) is 9.67. The van der Waals surface area contributed by atoms with Crippen LogP contribution < -0.4 is 5.32 Å². The highest BCUT2D eigenvalue weighted by Crippen LogP contribution is 2.20. The van der Waals surface area contributed by atoms with Crippen LogP contribution in [0.1, 0.15) is 43.6 Å². The molecule has 5 heteroatoms. The van der Waals surface area contributed by atoms with Crippen molar-refractivity contribution in [2.45, 2.75) is 46.1 Å². The summed E-state index contributed by atoms with van der Waals surface area (Å²) in [6, 6.07) is 0. The van der Waals surface area contributed by atoms with Crippen molar-refractivity contribution in [3.05, 3.63) is 17.0 Å². The SMILES string of the molecule is CCC(CC)C(=O)NCCc1nn(C)c2c1COCC2. The quantitative estimate of drug-likeness (QED) is 0.860. The van der Waals surface area contributed by atoms with E-state index in [2.05, 4.69) is 24.3 Å². The number of nitrogens with zero attached hydrogens (tertiary/aromatic N) is 2. The fraction of sp³-hybridized carbons (Fsp3) is 0.733. The van der Waals surface area contributed by atoms with Gasteiger partial charge in [-0.3, -0.25) is 9.48 Å². The lowest BCUT2D eigenvalue weighted by Crippen LogP contribution is -2.31. The monoisotopic (exact) mass is 279 g/mol. The van der Waals surface area contributed by atoms with Crippen molar-refractivity contribution < 1.29 is 9.53 Å². The Labute approximate surface area is 120 Å². The molecular formula is C15H25N3O2. The second-order valence-corrected chi connectivity index (χ2v) is 5.35. The van der Waals surface area contributed by atoms with Crippen LogP contribution in [0.2, 0.25) is 0 Å². The molecule has 0 fully saturated rings. The summed E-state index contributed by atoms with van der Waals surface area (Å²) in [6.45, 7) is 6.19. The van der Waals surface area contributed by atoms with E-state index >= 15 is 0 Å². The summed E-state index contributed by atoms with van der Waals surface area (Å²) in [5, 5.41) is 7.58. The van der Waals surface area contributed by atoms with Gasteiger partial charge in [-0.15, -0.1) is 0 Å². The number of fused-ring (bicyclic) bond motifs is 1. The summed E-state index contributed by atoms with van der Waals surface area (Å²) >= 11 is 0. The van der Waals surface area contributed by atoms with Crippen LogP contribution in [0.25, 0.3) is 0 Å². The Kier molecular flexibility index (Phi) is 5.17. The highest BCUT2D eigenvalue weighted by atomic mass is 16.5. The molecule has 1 N–H and O–H groups in total. The fourth-order valence-corrected chi connectivity index (χ4v) is 2.79. The molecule has 0 saturated carbocycles. The topological polar surface area (TPSA) is 56.2 Å². The Hall–Kier alpha value is -1.36. The minimum atomic E-state index is 0.135. The Balaban J connectivity index is 1.90. The number of amides is 1. The van der Waals surface area contributed by atoms with Gasteiger partial charge < -0.3 is 10.1 Å². The number of rotatable bonds is 6. The number of carbonyl (C=O) groups excluding carboxylic acids is 1. The van der Waals surface area contributed by atoms with Gasteiger partial charge in [0, 0.05) is 43.6 Å². The van der Waals surface area contributed by atoms with Crippen molar-refractivity contribution in [1.29, 1.82) is 0 Å². The third kappa shape index (κ3) is 3.20. The molecule has 0 aliphatic carbocycles. The van der Waals surface area contributed by atoms with Crippen LogP contribution >= 0.6 is 0 Å². The van der Waals surface area contributed by atoms with Gasteiger partial charge in [0.05, 0.1) is 18.9 Å². The molecule has 2 rings (SSSR count). The number of aromatic nitrogens is 2. The summed E-state index contributed by atoms with van der Waals surface area (Å²) in [6.07, 6.45) is 3.50. The maximum atomic E-state index is 11.9. The summed E-state index contributed by atoms with van der Waals surface area (Å²) in [5.74, 6) is 0.298. The largest absolute Gasteiger partial charge is 0.376 e. The van der Waals surface area contributed by atoms with E-state index in [4.69, 9.17) is 4.74 Å². The highest BCUT2D eigenvalue weighted by molar-refractivity contribution is 5.78. The van der Waals surface area contributed by atoms with E-state index in [0.717, 1.165) is 38.0 Å². The Bertz CT molecular complexity index is 464. The number of aryl methyl sites for hydroxylation is 1. The van der Waals surface area contributed by atoms with Crippen molar-refractivity contribution in [1.82, 2.24) is 15.1 Å². The molecule has 1 aliphatic heterocycles. The molecule has 0 spiro atoms. The van der Waals surface area contributed by atoms with Gasteiger partial charge in [-0.1, -0.05) is 13.8 Å². The van der Waals surface area contributed by atoms with Crippen molar-refractivity contribution in [3.63, 3.8) is 0 Å². The van der Waals surface area contributed by atoms with E-state index in [1.54, 1.807) is 0 Å². The Morgan fingerprint density at radius 1 is 1.45 bits per heavy atom. The maximum Gasteiger partial charge on any atom is 0.223 e. The lowest BCUT2D eigenvalue weighted by atomic mass is 10.0. The first-order valence-electron chi connectivity index (χ1n) is 7.56. The predicted octanol–water partition coefficient (Wildman–Crippen LogP) is 1.59. The molecular weight excluding hydrogens is 254 g/mol. The van der Waals surface area contributed by atoms with E-state index in [9.17, 15) is 4.79 Å². The first-order valence-corrected chi connectivity index (χ1v) is 7.56. The summed E-state index contributed by atoms with van der Waals surface area (Å²) in [7, 11) is 1.98. The molecule has 112 valence electrons. The molecule has 0 bridgehead atoms. The second kappa shape index (κ2) is 6.88. The van der Waals surface area contributed by atoms with Crippen LogP contribution in [0.4, 0.5) is 0 Å². The molecule has 0 radical (unpaired) electrons. The van der Waals surface area contributed by atoms with Gasteiger partial charge in [0.2, 0.25) is 5.91 Å². The third-order valence-corrected chi connectivity index (χ3v) is 4.11. The van der Waals surface area contributed by atoms with Crippen molar-refractivity contribution in [2.24, 2.45) is 13.0 Å². The summed E-state index contributed by atoms with van der Waals surface area (Å²) in [4.78, 5) is 11.9. The first kappa shape index (κ1) is 15.0. The molecule has 1 aromatic heterocycles. The Morgan fingerprint density at radius 2 is 2.20 bits per heavy atom. The number of nitrogens with one attached hydrogen (secondary N) is 1. The Morgan fingerprint density at radius 3 is 2.90 bits per heavy atom. The fourth-order valence-electron chi connectivity index (χ4n) is 2.79. The van der Waals surface area contributed by atoms with Crippen LogP contribution in [-0.2, 0) is 36.0 Å². The van der Waals surface area contributed by atoms with Crippen LogP contribution in [0.5, 0.6) is 0 Å². The number of ether oxygens (including phenoxy) is 1. The van der Waals surface area contributed by atoms with Gasteiger partial charge in [-0.2, -0.15) is 5.10 Å². The molecule has 0 unspecified atom stereocenters. The summed E-state index contributed by atoms with van der Waals surface area (Å²) < 4.78 is 7.46. The highest BCUT2D eigenvalue weighted by Gasteiger charge is 2.20. The molecule has 2 heterocycles. The van der Waals surface area contributed by atoms with E-state index < -0.39 is 0 Å². The zero-order valence-corrected chi connectivity index (χ0v) is 12.7. The number of hydrogen-bond acceptors (Lipinski definition) is 3. The average Bonchev–Trinajstić information content (AvgIpc) is 2.78. The molecule has 1 amide bonds. The van der Waals surface area contributed by atoms with Crippen LogP contribution in [0, 0.1) is 5.92 Å². The van der Waals surface area contributed by atoms with E-state index in [-0.39, 0.29) is 11.8 Å². The predicted molar refractivity (Wildman–Crippen MR) is 77.4 cm³/mol. The minimum Gasteiger partial charge on any atom is -0.376 e. The van der Waals surface area contributed by atoms with Crippen molar-refractivity contribution in [3.8, 4) is 0 Å². The van der Waals surface area contributed by atoms with Crippen molar-refractivity contribution in [2.75, 3.05) is 13.2 Å². The molecule has 5 nitrogen and oxygen atoms in total. The van der Waals surface area contributed by atoms with Gasteiger partial charge in [0.25, 0.3) is 0 Å². The third-order valence-electron chi connectivity index (χ3n) is 4.11. The second-order valence-electron chi connectivity index (χ2n) is 5.35. The van der Waals surface area contributed by atoms with Gasteiger partial charge in [-0.05, 0) is 12.8 Å². The van der Waals surface area contributed by atoms with E-state index in [1.165, 1.54) is 11.3 Å². The van der Waals surface area contributed by atoms with E-state index in [0.29, 0.717) is 13.2 Å². The van der Waals surface area contributed by atoms with Crippen LogP contribution in [0.15, 0.2) is 0 Å². The van der Waals surface area contributed by atoms with Crippen LogP contribution in [0.3, 0.4) is 0 Å². The zero-order valence-electron chi connectivity index (χ0n) is 12.7. The molecule has 1 aromatic rings. The van der Waals surface area contributed by atoms with Gasteiger partial charge >= 0.3 is 0 Å². The summed E-state index contributed by atoms with van der Waals surface area (Å²) in [5.41, 5.74) is 3.56. The molecule has 0 atom stereocenters. The van der Waals surface area contributed by atoms with Gasteiger partial charge in [-0.25, -0.2) is 0 Å². The standard InChI is InChI=1S/C15H25N3O2/c1-4-11(5-2)15(19)16-8-6-13-12-10-20-9-7-14(12)18(3)17-13/h11H,4-10H2,1-3H3,(H,16,19). The minimum absolute atomic E-state index is 0.135. The lowest BCUT2D eigenvalue weighted by molar-refractivity contribution is -0.125. The van der Waals surface area contributed by atoms with Gasteiger partial charge in [0.15, 0.2) is 0 Å². The van der Waals surface area contributed by atoms with Crippen LogP contribution in [-0.4, -0.2) is 28.8 Å². The molecule has 1 aliphatic rings.